The number of imidazole rings is 1. The summed E-state index contributed by atoms with van der Waals surface area (Å²) in [5.41, 5.74) is 2.13. The summed E-state index contributed by atoms with van der Waals surface area (Å²) in [5, 5.41) is 6.91. The van der Waals surface area contributed by atoms with Gasteiger partial charge in [0, 0.05) is 25.1 Å². The summed E-state index contributed by atoms with van der Waals surface area (Å²) in [4.78, 5) is 31.8. The molecule has 2 N–H and O–H groups in total. The number of H-pyrrole nitrogens is 1. The van der Waals surface area contributed by atoms with Crippen molar-refractivity contribution < 1.29 is 14.1 Å². The van der Waals surface area contributed by atoms with Gasteiger partial charge in [0.05, 0.1) is 18.1 Å². The smallest absolute Gasteiger partial charge is 0.326 e. The third-order valence-electron chi connectivity index (χ3n) is 4.69. The highest BCUT2D eigenvalue weighted by atomic mass is 16.5. The van der Waals surface area contributed by atoms with E-state index in [1.54, 1.807) is 45.3 Å². The van der Waals surface area contributed by atoms with Crippen molar-refractivity contribution in [2.24, 2.45) is 7.05 Å². The van der Waals surface area contributed by atoms with Crippen molar-refractivity contribution in [2.75, 3.05) is 7.11 Å². The van der Waals surface area contributed by atoms with Crippen LogP contribution in [0.25, 0.3) is 11.0 Å². The van der Waals surface area contributed by atoms with Crippen LogP contribution in [-0.2, 0) is 7.05 Å². The van der Waals surface area contributed by atoms with E-state index in [-0.39, 0.29) is 11.6 Å². The first kappa shape index (κ1) is 18.5. The first-order valence-electron chi connectivity index (χ1n) is 8.90. The van der Waals surface area contributed by atoms with E-state index in [2.05, 4.69) is 20.4 Å². The molecule has 0 fully saturated rings. The molecule has 0 saturated carbocycles. The molecule has 0 aliphatic heterocycles. The number of carbonyl (C=O) groups excluding carboxylic acids is 1. The lowest BCUT2D eigenvalue weighted by Gasteiger charge is -2.18. The zero-order valence-corrected chi connectivity index (χ0v) is 16.1. The Balaban J connectivity index is 1.72. The number of aromatic nitrogens is 4. The summed E-state index contributed by atoms with van der Waals surface area (Å²) in [6.07, 6.45) is 0. The fourth-order valence-corrected chi connectivity index (χ4v) is 3.21. The van der Waals surface area contributed by atoms with Gasteiger partial charge in [-0.15, -0.1) is 0 Å². The standard InChI is InChI=1S/C20H19N5O4/c1-11-21-18(24-29-11)17(13-6-4-5-7-16(13)28-3)23-19(26)12-8-9-15-14(10-12)22-20(27)25(15)2/h4-10,17H,1-3H3,(H,22,27)(H,23,26). The summed E-state index contributed by atoms with van der Waals surface area (Å²) >= 11 is 0. The molecule has 2 aromatic heterocycles. The number of nitrogens with one attached hydrogen (secondary N) is 2. The van der Waals surface area contributed by atoms with Crippen LogP contribution < -0.4 is 15.7 Å². The Hall–Kier alpha value is -3.88. The van der Waals surface area contributed by atoms with Crippen molar-refractivity contribution in [1.82, 2.24) is 25.0 Å². The number of fused-ring (bicyclic) bond motifs is 1. The zero-order chi connectivity index (χ0) is 20.5. The van der Waals surface area contributed by atoms with E-state index in [4.69, 9.17) is 9.26 Å². The summed E-state index contributed by atoms with van der Waals surface area (Å²) < 4.78 is 12.0. The van der Waals surface area contributed by atoms with Gasteiger partial charge in [-0.3, -0.25) is 9.36 Å². The van der Waals surface area contributed by atoms with Crippen LogP contribution in [0.1, 0.15) is 33.7 Å². The largest absolute Gasteiger partial charge is 0.496 e. The molecule has 0 bridgehead atoms. The minimum atomic E-state index is -0.679. The van der Waals surface area contributed by atoms with E-state index in [9.17, 15) is 9.59 Å². The molecular weight excluding hydrogens is 374 g/mol. The van der Waals surface area contributed by atoms with E-state index >= 15 is 0 Å². The summed E-state index contributed by atoms with van der Waals surface area (Å²) in [7, 11) is 3.22. The molecule has 9 nitrogen and oxygen atoms in total. The molecule has 9 heteroatoms. The lowest BCUT2D eigenvalue weighted by molar-refractivity contribution is 0.0941. The molecule has 0 aliphatic rings. The fraction of sp³-hybridized carbons (Fsp3) is 0.200. The van der Waals surface area contributed by atoms with E-state index in [1.165, 1.54) is 4.57 Å². The molecule has 148 valence electrons. The van der Waals surface area contributed by atoms with Gasteiger partial charge in [-0.2, -0.15) is 4.98 Å². The van der Waals surface area contributed by atoms with Gasteiger partial charge in [0.15, 0.2) is 5.82 Å². The Kier molecular flexibility index (Phi) is 4.63. The zero-order valence-electron chi connectivity index (χ0n) is 16.1. The van der Waals surface area contributed by atoms with Crippen LogP contribution in [-0.4, -0.2) is 32.7 Å². The fourth-order valence-electron chi connectivity index (χ4n) is 3.21. The van der Waals surface area contributed by atoms with Crippen molar-refractivity contribution in [3.63, 3.8) is 0 Å². The maximum absolute atomic E-state index is 13.0. The third-order valence-corrected chi connectivity index (χ3v) is 4.69. The molecule has 0 spiro atoms. The van der Waals surface area contributed by atoms with E-state index < -0.39 is 6.04 Å². The number of aromatic amines is 1. The van der Waals surface area contributed by atoms with Crippen molar-refractivity contribution in [2.45, 2.75) is 13.0 Å². The minimum Gasteiger partial charge on any atom is -0.496 e. The number of aryl methyl sites for hydroxylation is 2. The average molecular weight is 393 g/mol. The number of methoxy groups -OCH3 is 1. The maximum atomic E-state index is 13.0. The van der Waals surface area contributed by atoms with Crippen molar-refractivity contribution in [3.8, 4) is 5.75 Å². The van der Waals surface area contributed by atoms with Crippen LogP contribution in [0, 0.1) is 6.92 Å². The normalized spacial score (nSPS) is 12.1. The number of nitrogens with zero attached hydrogens (tertiary/aromatic N) is 3. The number of carbonyl (C=O) groups is 1. The second-order valence-electron chi connectivity index (χ2n) is 6.54. The number of benzene rings is 2. The van der Waals surface area contributed by atoms with Gasteiger partial charge in [0.25, 0.3) is 5.91 Å². The van der Waals surface area contributed by atoms with Crippen LogP contribution in [0.15, 0.2) is 51.8 Å². The number of ether oxygens (including phenoxy) is 1. The van der Waals surface area contributed by atoms with Crippen LogP contribution >= 0.6 is 0 Å². The molecule has 4 rings (SSSR count). The van der Waals surface area contributed by atoms with Crippen molar-refractivity contribution in [1.29, 1.82) is 0 Å². The van der Waals surface area contributed by atoms with Crippen molar-refractivity contribution in [3.05, 3.63) is 75.8 Å². The molecule has 0 saturated heterocycles. The van der Waals surface area contributed by atoms with E-state index in [0.717, 1.165) is 0 Å². The second-order valence-corrected chi connectivity index (χ2v) is 6.54. The number of para-hydroxylation sites is 1. The molecule has 1 amide bonds. The lowest BCUT2D eigenvalue weighted by atomic mass is 10.0. The Morgan fingerprint density at radius 3 is 2.79 bits per heavy atom. The van der Waals surface area contributed by atoms with Gasteiger partial charge in [0.2, 0.25) is 5.89 Å². The quantitative estimate of drug-likeness (QED) is 0.536. The lowest BCUT2D eigenvalue weighted by Crippen LogP contribution is -2.30. The minimum absolute atomic E-state index is 0.244. The number of hydrogen-bond acceptors (Lipinski definition) is 6. The number of hydrogen-bond donors (Lipinski definition) is 2. The first-order chi connectivity index (χ1) is 14.0. The van der Waals surface area contributed by atoms with Gasteiger partial charge in [0.1, 0.15) is 11.8 Å². The molecular formula is C20H19N5O4. The van der Waals surface area contributed by atoms with Crippen molar-refractivity contribution >= 4 is 16.9 Å². The van der Waals surface area contributed by atoms with E-state index in [1.807, 2.05) is 18.2 Å². The highest BCUT2D eigenvalue weighted by molar-refractivity contribution is 5.97. The number of rotatable bonds is 5. The monoisotopic (exact) mass is 393 g/mol. The van der Waals surface area contributed by atoms with Gasteiger partial charge in [-0.05, 0) is 24.3 Å². The van der Waals surface area contributed by atoms with Crippen LogP contribution in [0.3, 0.4) is 0 Å². The van der Waals surface area contributed by atoms with Gasteiger partial charge < -0.3 is 19.6 Å². The molecule has 4 aromatic rings. The second kappa shape index (κ2) is 7.27. The van der Waals surface area contributed by atoms with Crippen LogP contribution in [0.5, 0.6) is 5.75 Å². The molecule has 0 aliphatic carbocycles. The average Bonchev–Trinajstić information content (AvgIpc) is 3.28. The highest BCUT2D eigenvalue weighted by Gasteiger charge is 2.25. The summed E-state index contributed by atoms with van der Waals surface area (Å²) in [6.45, 7) is 1.68. The van der Waals surface area contributed by atoms with Gasteiger partial charge in [-0.25, -0.2) is 4.79 Å². The Morgan fingerprint density at radius 2 is 2.07 bits per heavy atom. The van der Waals surface area contributed by atoms with Gasteiger partial charge >= 0.3 is 5.69 Å². The Bertz CT molecular complexity index is 1250. The molecule has 2 aromatic carbocycles. The molecule has 29 heavy (non-hydrogen) atoms. The topological polar surface area (TPSA) is 115 Å². The SMILES string of the molecule is COc1ccccc1C(NC(=O)c1ccc2c(c1)[nH]c(=O)n2C)c1noc(C)n1. The van der Waals surface area contributed by atoms with E-state index in [0.29, 0.717) is 39.6 Å². The predicted octanol–water partition coefficient (Wildman–Crippen LogP) is 2.09. The predicted molar refractivity (Wildman–Crippen MR) is 105 cm³/mol. The maximum Gasteiger partial charge on any atom is 0.326 e. The summed E-state index contributed by atoms with van der Waals surface area (Å²) in [6, 6.07) is 11.6. The molecule has 2 heterocycles. The van der Waals surface area contributed by atoms with Crippen LogP contribution in [0.2, 0.25) is 0 Å². The first-order valence-corrected chi connectivity index (χ1v) is 8.90. The van der Waals surface area contributed by atoms with Crippen LogP contribution in [0.4, 0.5) is 0 Å². The Labute approximate surface area is 165 Å². The molecule has 1 atom stereocenters. The molecule has 0 radical (unpaired) electrons. The Morgan fingerprint density at radius 1 is 1.28 bits per heavy atom. The molecule has 1 unspecified atom stereocenters. The summed E-state index contributed by atoms with van der Waals surface area (Å²) in [5.74, 6) is 0.935. The third kappa shape index (κ3) is 3.38. The van der Waals surface area contributed by atoms with Gasteiger partial charge in [-0.1, -0.05) is 23.4 Å². The highest BCUT2D eigenvalue weighted by Crippen LogP contribution is 2.29. The number of amides is 1.